The van der Waals surface area contributed by atoms with E-state index < -0.39 is 0 Å². The Hall–Kier alpha value is -0.900. The molecule has 5 heteroatoms. The molecule has 104 valence electrons. The highest BCUT2D eigenvalue weighted by atomic mass is 79.9. The molecule has 0 aromatic heterocycles. The van der Waals surface area contributed by atoms with Crippen molar-refractivity contribution in [3.05, 3.63) is 67.9 Å². The van der Waals surface area contributed by atoms with Crippen molar-refractivity contribution >= 4 is 44.9 Å². The molecule has 0 unspecified atom stereocenters. The summed E-state index contributed by atoms with van der Waals surface area (Å²) in [7, 11) is 0. The highest BCUT2D eigenvalue weighted by molar-refractivity contribution is 9.10. The molecule has 0 saturated carbocycles. The first-order valence-corrected chi connectivity index (χ1v) is 7.39. The van der Waals surface area contributed by atoms with Crippen LogP contribution in [0.5, 0.6) is 0 Å². The molecule has 0 spiro atoms. The van der Waals surface area contributed by atoms with E-state index in [0.717, 1.165) is 5.56 Å². The third-order valence-electron chi connectivity index (χ3n) is 2.71. The fourth-order valence-electron chi connectivity index (χ4n) is 1.88. The highest BCUT2D eigenvalue weighted by Gasteiger charge is 2.08. The van der Waals surface area contributed by atoms with E-state index in [-0.39, 0.29) is 24.4 Å². The summed E-state index contributed by atoms with van der Waals surface area (Å²) >= 11 is 14.9. The van der Waals surface area contributed by atoms with E-state index in [1.54, 1.807) is 24.3 Å². The molecule has 0 amide bonds. The van der Waals surface area contributed by atoms with Gasteiger partial charge < -0.3 is 0 Å². The molecule has 0 aliphatic heterocycles. The van der Waals surface area contributed by atoms with E-state index in [9.17, 15) is 9.18 Å². The van der Waals surface area contributed by atoms with Crippen molar-refractivity contribution in [2.75, 3.05) is 0 Å². The van der Waals surface area contributed by atoms with Gasteiger partial charge in [-0.05, 0) is 41.5 Å². The molecule has 2 rings (SSSR count). The second-order valence-corrected chi connectivity index (χ2v) is 6.15. The van der Waals surface area contributed by atoms with Crippen molar-refractivity contribution in [2.24, 2.45) is 0 Å². The van der Waals surface area contributed by atoms with Crippen molar-refractivity contribution in [3.63, 3.8) is 0 Å². The number of rotatable bonds is 4. The molecule has 2 aromatic carbocycles. The number of Topliss-reactive ketones (excluding diaryl/α,β-unsaturated/α-hetero) is 1. The summed E-state index contributed by atoms with van der Waals surface area (Å²) in [6.07, 6.45) is 0.418. The lowest BCUT2D eigenvalue weighted by molar-refractivity contribution is -0.117. The van der Waals surface area contributed by atoms with E-state index in [1.165, 1.54) is 12.1 Å². The predicted octanol–water partition coefficient (Wildman–Crippen LogP) is 5.25. The maximum atomic E-state index is 13.2. The van der Waals surface area contributed by atoms with Gasteiger partial charge in [0.2, 0.25) is 0 Å². The number of ketones is 1. The first-order valence-electron chi connectivity index (χ1n) is 5.84. The average molecular weight is 376 g/mol. The van der Waals surface area contributed by atoms with E-state index in [2.05, 4.69) is 15.9 Å². The quantitative estimate of drug-likeness (QED) is 0.713. The molecular formula is C15H10BrCl2FO. The maximum absolute atomic E-state index is 13.2. The van der Waals surface area contributed by atoms with Crippen molar-refractivity contribution in [2.45, 2.75) is 12.8 Å². The standard InChI is InChI=1S/C15H10BrCl2FO/c16-11-3-10(4-12(19)8-11)6-13(20)5-9-1-2-14(17)15(18)7-9/h1-4,7-8H,5-6H2. The molecule has 0 N–H and O–H groups in total. The number of benzene rings is 2. The van der Waals surface area contributed by atoms with E-state index in [4.69, 9.17) is 23.2 Å². The molecule has 1 nitrogen and oxygen atoms in total. The van der Waals surface area contributed by atoms with Gasteiger partial charge in [0.05, 0.1) is 10.0 Å². The SMILES string of the molecule is O=C(Cc1cc(F)cc(Br)c1)Cc1ccc(Cl)c(Cl)c1. The molecule has 0 heterocycles. The summed E-state index contributed by atoms with van der Waals surface area (Å²) in [6.45, 7) is 0. The Kier molecular flexibility index (Phi) is 5.19. The van der Waals surface area contributed by atoms with Gasteiger partial charge in [-0.1, -0.05) is 45.2 Å². The number of halogens is 4. The molecule has 0 aliphatic carbocycles. The predicted molar refractivity (Wildman–Crippen MR) is 83.0 cm³/mol. The number of carbonyl (C=O) groups excluding carboxylic acids is 1. The van der Waals surface area contributed by atoms with E-state index in [0.29, 0.717) is 20.1 Å². The molecule has 0 atom stereocenters. The fourth-order valence-corrected chi connectivity index (χ4v) is 2.71. The minimum atomic E-state index is -0.364. The van der Waals surface area contributed by atoms with E-state index in [1.807, 2.05) is 0 Å². The van der Waals surface area contributed by atoms with Gasteiger partial charge in [0, 0.05) is 17.3 Å². The Labute approximate surface area is 134 Å². The molecule has 0 fully saturated rings. The molecule has 0 bridgehead atoms. The van der Waals surface area contributed by atoms with Crippen LogP contribution in [0.15, 0.2) is 40.9 Å². The zero-order valence-corrected chi connectivity index (χ0v) is 13.4. The topological polar surface area (TPSA) is 17.1 Å². The lowest BCUT2D eigenvalue weighted by Crippen LogP contribution is -2.07. The molecule has 2 aromatic rings. The minimum Gasteiger partial charge on any atom is -0.299 e. The van der Waals surface area contributed by atoms with Gasteiger partial charge in [-0.25, -0.2) is 4.39 Å². The summed E-state index contributed by atoms with van der Waals surface area (Å²) < 4.78 is 13.8. The number of carbonyl (C=O) groups is 1. The van der Waals surface area contributed by atoms with Gasteiger partial charge in [0.25, 0.3) is 0 Å². The van der Waals surface area contributed by atoms with Gasteiger partial charge in [0.15, 0.2) is 0 Å². The fraction of sp³-hybridized carbons (Fsp3) is 0.133. The van der Waals surface area contributed by atoms with Crippen molar-refractivity contribution in [1.29, 1.82) is 0 Å². The molecule has 0 radical (unpaired) electrons. The minimum absolute atomic E-state index is 0.0131. The third kappa shape index (κ3) is 4.30. The van der Waals surface area contributed by atoms with Crippen molar-refractivity contribution in [1.82, 2.24) is 0 Å². The first kappa shape index (κ1) is 15.5. The Balaban J connectivity index is 2.06. The highest BCUT2D eigenvalue weighted by Crippen LogP contribution is 2.23. The number of hydrogen-bond donors (Lipinski definition) is 0. The van der Waals surface area contributed by atoms with Gasteiger partial charge in [0.1, 0.15) is 11.6 Å². The normalized spacial score (nSPS) is 10.6. The van der Waals surface area contributed by atoms with Crippen LogP contribution >= 0.6 is 39.1 Å². The lowest BCUT2D eigenvalue weighted by Gasteiger charge is -2.04. The smallest absolute Gasteiger partial charge is 0.141 e. The molecule has 0 aliphatic rings. The van der Waals surface area contributed by atoms with Crippen LogP contribution < -0.4 is 0 Å². The summed E-state index contributed by atoms with van der Waals surface area (Å²) in [4.78, 5) is 12.0. The van der Waals surface area contributed by atoms with Crippen LogP contribution in [0.2, 0.25) is 10.0 Å². The zero-order chi connectivity index (χ0) is 14.7. The second-order valence-electron chi connectivity index (χ2n) is 4.42. The van der Waals surface area contributed by atoms with E-state index >= 15 is 0 Å². The second kappa shape index (κ2) is 6.70. The van der Waals surface area contributed by atoms with Crippen LogP contribution in [0.1, 0.15) is 11.1 Å². The average Bonchev–Trinajstić information content (AvgIpc) is 2.32. The van der Waals surface area contributed by atoms with Crippen LogP contribution in [0, 0.1) is 5.82 Å². The number of hydrogen-bond acceptors (Lipinski definition) is 1. The first-order chi connectivity index (χ1) is 9.44. The van der Waals surface area contributed by atoms with Crippen molar-refractivity contribution < 1.29 is 9.18 Å². The summed E-state index contributed by atoms with van der Waals surface area (Å²) in [5.41, 5.74) is 1.43. The Morgan fingerprint density at radius 2 is 1.70 bits per heavy atom. The van der Waals surface area contributed by atoms with Crippen LogP contribution in [-0.2, 0) is 17.6 Å². The van der Waals surface area contributed by atoms with Crippen LogP contribution in [0.25, 0.3) is 0 Å². The largest absolute Gasteiger partial charge is 0.299 e. The van der Waals surface area contributed by atoms with Gasteiger partial charge >= 0.3 is 0 Å². The van der Waals surface area contributed by atoms with Crippen LogP contribution in [0.4, 0.5) is 4.39 Å². The monoisotopic (exact) mass is 374 g/mol. The third-order valence-corrected chi connectivity index (χ3v) is 3.91. The molecular weight excluding hydrogens is 366 g/mol. The van der Waals surface area contributed by atoms with Gasteiger partial charge in [-0.3, -0.25) is 4.79 Å². The maximum Gasteiger partial charge on any atom is 0.141 e. The Bertz CT molecular complexity index is 638. The summed E-state index contributed by atoms with van der Waals surface area (Å²) in [5, 5.41) is 0.877. The molecule has 0 saturated heterocycles. The van der Waals surface area contributed by atoms with Gasteiger partial charge in [-0.15, -0.1) is 0 Å². The Morgan fingerprint density at radius 1 is 1.00 bits per heavy atom. The summed E-state index contributed by atoms with van der Waals surface area (Å²) in [5.74, 6) is -0.377. The molecule has 20 heavy (non-hydrogen) atoms. The van der Waals surface area contributed by atoms with Gasteiger partial charge in [-0.2, -0.15) is 0 Å². The zero-order valence-electron chi connectivity index (χ0n) is 10.3. The van der Waals surface area contributed by atoms with Crippen molar-refractivity contribution in [3.8, 4) is 0 Å². The lowest BCUT2D eigenvalue weighted by atomic mass is 10.0. The van der Waals surface area contributed by atoms with Crippen LogP contribution in [0.3, 0.4) is 0 Å². The Morgan fingerprint density at radius 3 is 2.35 bits per heavy atom. The summed E-state index contributed by atoms with van der Waals surface area (Å²) in [6, 6.07) is 9.53. The van der Waals surface area contributed by atoms with Crippen LogP contribution in [-0.4, -0.2) is 5.78 Å².